The molecule has 0 unspecified atom stereocenters. The van der Waals surface area contributed by atoms with Crippen molar-refractivity contribution in [1.82, 2.24) is 14.9 Å². The maximum Gasteiger partial charge on any atom is 0.269 e. The van der Waals surface area contributed by atoms with Crippen molar-refractivity contribution < 1.29 is 13.2 Å². The van der Waals surface area contributed by atoms with Crippen molar-refractivity contribution in [3.63, 3.8) is 0 Å². The second-order valence-electron chi connectivity index (χ2n) is 3.52. The van der Waals surface area contributed by atoms with Crippen molar-refractivity contribution in [2.45, 2.75) is 25.1 Å². The zero-order chi connectivity index (χ0) is 13.1. The fourth-order valence-corrected chi connectivity index (χ4v) is 2.85. The highest BCUT2D eigenvalue weighted by Gasteiger charge is 2.20. The van der Waals surface area contributed by atoms with Crippen LogP contribution in [0.2, 0.25) is 0 Å². The third-order valence-electron chi connectivity index (χ3n) is 1.73. The third-order valence-corrected chi connectivity index (χ3v) is 4.48. The van der Waals surface area contributed by atoms with Crippen LogP contribution in [0.5, 0.6) is 0 Å². The molecule has 17 heavy (non-hydrogen) atoms. The number of aromatic nitrogens is 2. The molecule has 0 radical (unpaired) electrons. The van der Waals surface area contributed by atoms with Gasteiger partial charge in [-0.15, -0.1) is 10.2 Å². The van der Waals surface area contributed by atoms with Gasteiger partial charge in [-0.3, -0.25) is 4.79 Å². The van der Waals surface area contributed by atoms with E-state index in [1.165, 1.54) is 0 Å². The molecule has 0 saturated carbocycles. The SMILES string of the molecule is CCNS(=O)(=O)c1nnc(NC(=O)C(C)C)s1. The van der Waals surface area contributed by atoms with E-state index in [2.05, 4.69) is 20.2 Å². The van der Waals surface area contributed by atoms with E-state index in [1.54, 1.807) is 20.8 Å². The van der Waals surface area contributed by atoms with Crippen molar-refractivity contribution >= 4 is 32.4 Å². The number of sulfonamides is 1. The number of rotatable bonds is 5. The number of anilines is 1. The zero-order valence-electron chi connectivity index (χ0n) is 9.72. The Morgan fingerprint density at radius 1 is 1.41 bits per heavy atom. The highest BCUT2D eigenvalue weighted by molar-refractivity contribution is 7.91. The summed E-state index contributed by atoms with van der Waals surface area (Å²) in [5.74, 6) is -0.429. The molecule has 1 aromatic heterocycles. The predicted molar refractivity (Wildman–Crippen MR) is 64.2 cm³/mol. The Morgan fingerprint density at radius 2 is 2.06 bits per heavy atom. The maximum atomic E-state index is 11.5. The first-order valence-corrected chi connectivity index (χ1v) is 7.30. The number of hydrogen-bond donors (Lipinski definition) is 2. The highest BCUT2D eigenvalue weighted by Crippen LogP contribution is 2.19. The first-order chi connectivity index (χ1) is 7.86. The Bertz CT molecular complexity index is 495. The minimum atomic E-state index is -3.60. The van der Waals surface area contributed by atoms with Gasteiger partial charge in [0.15, 0.2) is 0 Å². The summed E-state index contributed by atoms with van der Waals surface area (Å²) in [5.41, 5.74) is 0. The summed E-state index contributed by atoms with van der Waals surface area (Å²) in [6.07, 6.45) is 0. The van der Waals surface area contributed by atoms with Crippen LogP contribution in [0.25, 0.3) is 0 Å². The molecule has 0 saturated heterocycles. The first-order valence-electron chi connectivity index (χ1n) is 5.01. The lowest BCUT2D eigenvalue weighted by Crippen LogP contribution is -2.22. The van der Waals surface area contributed by atoms with Gasteiger partial charge in [-0.05, 0) is 0 Å². The summed E-state index contributed by atoms with van der Waals surface area (Å²) in [5, 5.41) is 9.80. The van der Waals surface area contributed by atoms with E-state index in [-0.39, 0.29) is 27.8 Å². The monoisotopic (exact) mass is 278 g/mol. The summed E-state index contributed by atoms with van der Waals surface area (Å²) in [4.78, 5) is 11.4. The number of hydrogen-bond acceptors (Lipinski definition) is 6. The van der Waals surface area contributed by atoms with Crippen LogP contribution in [0.1, 0.15) is 20.8 Å². The smallest absolute Gasteiger partial charge is 0.269 e. The minimum Gasteiger partial charge on any atom is -0.300 e. The average Bonchev–Trinajstić information content (AvgIpc) is 2.66. The van der Waals surface area contributed by atoms with Gasteiger partial charge in [-0.1, -0.05) is 32.1 Å². The molecule has 0 spiro atoms. The van der Waals surface area contributed by atoms with E-state index < -0.39 is 10.0 Å². The van der Waals surface area contributed by atoms with E-state index in [0.717, 1.165) is 11.3 Å². The second kappa shape index (κ2) is 5.52. The molecular weight excluding hydrogens is 264 g/mol. The van der Waals surface area contributed by atoms with Crippen molar-refractivity contribution in [2.75, 3.05) is 11.9 Å². The van der Waals surface area contributed by atoms with Crippen LogP contribution in [0, 0.1) is 5.92 Å². The van der Waals surface area contributed by atoms with Crippen molar-refractivity contribution in [3.8, 4) is 0 Å². The molecule has 1 heterocycles. The summed E-state index contributed by atoms with van der Waals surface area (Å²) >= 11 is 0.821. The number of carbonyl (C=O) groups excluding carboxylic acids is 1. The van der Waals surface area contributed by atoms with Gasteiger partial charge in [0, 0.05) is 12.5 Å². The standard InChI is InChI=1S/C8H14N4O3S2/c1-4-9-17(14,15)8-12-11-7(16-8)10-6(13)5(2)3/h5,9H,4H2,1-3H3,(H,10,11,13). The molecule has 0 bridgehead atoms. The fourth-order valence-electron chi connectivity index (χ4n) is 0.870. The predicted octanol–water partition coefficient (Wildman–Crippen LogP) is 0.431. The highest BCUT2D eigenvalue weighted by atomic mass is 32.2. The Labute approximate surface area is 104 Å². The summed E-state index contributed by atoms with van der Waals surface area (Å²) in [7, 11) is -3.60. The summed E-state index contributed by atoms with van der Waals surface area (Å²) < 4.78 is 25.2. The molecule has 2 N–H and O–H groups in total. The maximum absolute atomic E-state index is 11.5. The topological polar surface area (TPSA) is 101 Å². The molecule has 9 heteroatoms. The molecular formula is C8H14N4O3S2. The zero-order valence-corrected chi connectivity index (χ0v) is 11.4. The van der Waals surface area contributed by atoms with Crippen LogP contribution in [0.15, 0.2) is 4.34 Å². The van der Waals surface area contributed by atoms with E-state index in [0.29, 0.717) is 0 Å². The lowest BCUT2D eigenvalue weighted by molar-refractivity contribution is -0.118. The second-order valence-corrected chi connectivity index (χ2v) is 6.44. The molecule has 0 fully saturated rings. The normalized spacial score (nSPS) is 11.8. The van der Waals surface area contributed by atoms with Crippen LogP contribution < -0.4 is 10.0 Å². The molecule has 0 atom stereocenters. The van der Waals surface area contributed by atoms with Crippen LogP contribution in [-0.2, 0) is 14.8 Å². The molecule has 0 aliphatic heterocycles. The molecule has 0 aliphatic rings. The minimum absolute atomic E-state index is 0.154. The molecule has 7 nitrogen and oxygen atoms in total. The van der Waals surface area contributed by atoms with Crippen LogP contribution in [0.4, 0.5) is 5.13 Å². The quantitative estimate of drug-likeness (QED) is 0.761. The number of amides is 1. The fraction of sp³-hybridized carbons (Fsp3) is 0.625. The van der Waals surface area contributed by atoms with Gasteiger partial charge < -0.3 is 5.32 Å². The first kappa shape index (κ1) is 14.0. The lowest BCUT2D eigenvalue weighted by atomic mass is 10.2. The van der Waals surface area contributed by atoms with E-state index in [4.69, 9.17) is 0 Å². The van der Waals surface area contributed by atoms with Crippen LogP contribution in [0.3, 0.4) is 0 Å². The van der Waals surface area contributed by atoms with Gasteiger partial charge in [0.1, 0.15) is 0 Å². The molecule has 0 aliphatic carbocycles. The average molecular weight is 278 g/mol. The Morgan fingerprint density at radius 3 is 2.59 bits per heavy atom. The van der Waals surface area contributed by atoms with Gasteiger partial charge in [0.05, 0.1) is 0 Å². The van der Waals surface area contributed by atoms with Gasteiger partial charge >= 0.3 is 0 Å². The number of carbonyl (C=O) groups is 1. The van der Waals surface area contributed by atoms with E-state index in [1.807, 2.05) is 0 Å². The third kappa shape index (κ3) is 3.72. The summed E-state index contributed by atoms with van der Waals surface area (Å²) in [6, 6.07) is 0. The lowest BCUT2D eigenvalue weighted by Gasteiger charge is -2.02. The van der Waals surface area contributed by atoms with Crippen LogP contribution >= 0.6 is 11.3 Å². The molecule has 0 aromatic carbocycles. The van der Waals surface area contributed by atoms with Gasteiger partial charge in [-0.25, -0.2) is 13.1 Å². The van der Waals surface area contributed by atoms with E-state index in [9.17, 15) is 13.2 Å². The Hall–Kier alpha value is -1.06. The molecule has 1 aromatic rings. The van der Waals surface area contributed by atoms with Gasteiger partial charge in [0.25, 0.3) is 10.0 Å². The largest absolute Gasteiger partial charge is 0.300 e. The Balaban J connectivity index is 2.82. The van der Waals surface area contributed by atoms with E-state index >= 15 is 0 Å². The molecule has 96 valence electrons. The van der Waals surface area contributed by atoms with Gasteiger partial charge in [-0.2, -0.15) is 0 Å². The van der Waals surface area contributed by atoms with Gasteiger partial charge in [0.2, 0.25) is 15.4 Å². The van der Waals surface area contributed by atoms with Crippen molar-refractivity contribution in [3.05, 3.63) is 0 Å². The van der Waals surface area contributed by atoms with Crippen LogP contribution in [-0.4, -0.2) is 31.1 Å². The molecule has 1 rings (SSSR count). The Kier molecular flexibility index (Phi) is 4.54. The molecule has 1 amide bonds. The number of nitrogens with one attached hydrogen (secondary N) is 2. The summed E-state index contributed by atoms with van der Waals surface area (Å²) in [6.45, 7) is 5.40. The van der Waals surface area contributed by atoms with Crippen molar-refractivity contribution in [2.24, 2.45) is 5.92 Å². The number of nitrogens with zero attached hydrogens (tertiary/aromatic N) is 2. The van der Waals surface area contributed by atoms with Crippen molar-refractivity contribution in [1.29, 1.82) is 0 Å².